The van der Waals surface area contributed by atoms with Crippen molar-refractivity contribution in [1.29, 1.82) is 0 Å². The van der Waals surface area contributed by atoms with Crippen molar-refractivity contribution in [3.63, 3.8) is 0 Å². The number of aliphatic carboxylic acids is 1. The molecular formula is C30H28N2O5. The van der Waals surface area contributed by atoms with E-state index in [0.717, 1.165) is 22.4 Å². The molecule has 0 radical (unpaired) electrons. The Labute approximate surface area is 215 Å². The van der Waals surface area contributed by atoms with Crippen molar-refractivity contribution < 1.29 is 23.8 Å². The number of benzene rings is 2. The Morgan fingerprint density at radius 3 is 2.62 bits per heavy atom. The molecule has 0 bridgehead atoms. The van der Waals surface area contributed by atoms with Gasteiger partial charge >= 0.3 is 12.1 Å². The zero-order valence-corrected chi connectivity index (χ0v) is 20.5. The Balaban J connectivity index is 1.28. The average Bonchev–Trinajstić information content (AvgIpc) is 3.35. The molecule has 2 unspecified atom stereocenters. The average molecular weight is 497 g/mol. The van der Waals surface area contributed by atoms with Crippen molar-refractivity contribution in [2.45, 2.75) is 31.3 Å². The predicted molar refractivity (Wildman–Crippen MR) is 141 cm³/mol. The summed E-state index contributed by atoms with van der Waals surface area (Å²) in [5, 5.41) is 11.9. The predicted octanol–water partition coefficient (Wildman–Crippen LogP) is 6.19. The first-order valence-electron chi connectivity index (χ1n) is 12.2. The van der Waals surface area contributed by atoms with Gasteiger partial charge in [0.15, 0.2) is 6.61 Å². The van der Waals surface area contributed by atoms with Crippen molar-refractivity contribution in [2.75, 3.05) is 7.05 Å². The van der Waals surface area contributed by atoms with Gasteiger partial charge < -0.3 is 14.3 Å². The number of fused-ring (bicyclic) bond motifs is 1. The summed E-state index contributed by atoms with van der Waals surface area (Å²) >= 11 is 0. The van der Waals surface area contributed by atoms with Crippen molar-refractivity contribution in [3.8, 4) is 0 Å². The molecule has 0 spiro atoms. The number of carbonyl (C=O) groups excluding carboxylic acids is 1. The van der Waals surface area contributed by atoms with Crippen LogP contribution in [0.4, 0.5) is 4.79 Å². The highest BCUT2D eigenvalue weighted by Gasteiger charge is 2.29. The number of amides is 1. The van der Waals surface area contributed by atoms with E-state index in [9.17, 15) is 14.7 Å². The number of carboxylic acid groups (broad SMARTS) is 1. The van der Waals surface area contributed by atoms with Crippen molar-refractivity contribution in [3.05, 3.63) is 119 Å². The van der Waals surface area contributed by atoms with Gasteiger partial charge in [-0.25, -0.2) is 20.0 Å². The molecule has 3 aromatic rings. The van der Waals surface area contributed by atoms with E-state index in [1.807, 2.05) is 48.5 Å². The summed E-state index contributed by atoms with van der Waals surface area (Å²) < 4.78 is 11.4. The highest BCUT2D eigenvalue weighted by molar-refractivity contribution is 5.93. The molecule has 7 nitrogen and oxygen atoms in total. The number of nitrogens with zero attached hydrogens (tertiary/aromatic N) is 1. The molecule has 0 saturated carbocycles. The van der Waals surface area contributed by atoms with Crippen LogP contribution in [-0.4, -0.2) is 29.2 Å². The molecule has 2 atom stereocenters. The van der Waals surface area contributed by atoms with Crippen LogP contribution in [0.15, 0.2) is 107 Å². The summed E-state index contributed by atoms with van der Waals surface area (Å²) in [7, 11) is 1.54. The summed E-state index contributed by atoms with van der Waals surface area (Å²) in [4.78, 5) is 25.0. The number of rotatable bonds is 7. The monoisotopic (exact) mass is 496 g/mol. The Morgan fingerprint density at radius 2 is 1.89 bits per heavy atom. The Bertz CT molecular complexity index is 1430. The molecule has 0 fully saturated rings. The zero-order valence-electron chi connectivity index (χ0n) is 20.5. The first kappa shape index (κ1) is 24.3. The first-order valence-corrected chi connectivity index (χ1v) is 12.2. The molecule has 1 amide bonds. The van der Waals surface area contributed by atoms with Gasteiger partial charge in [-0.05, 0) is 42.2 Å². The van der Waals surface area contributed by atoms with Gasteiger partial charge in [-0.2, -0.15) is 0 Å². The fourth-order valence-electron chi connectivity index (χ4n) is 4.78. The minimum Gasteiger partial charge on any atom is -0.478 e. The van der Waals surface area contributed by atoms with E-state index >= 15 is 0 Å². The molecule has 7 heteroatoms. The van der Waals surface area contributed by atoms with Crippen LogP contribution in [0, 0.1) is 0 Å². The van der Waals surface area contributed by atoms with Gasteiger partial charge in [-0.15, -0.1) is 0 Å². The SMILES string of the molecule is CNN(C(=O)OCc1cc2cc(C3C=CC=CC3)ccc2o1)C1=CCC(c2ccccc2)C=C1C(=O)O. The van der Waals surface area contributed by atoms with Gasteiger partial charge in [0.05, 0.1) is 11.3 Å². The summed E-state index contributed by atoms with van der Waals surface area (Å²) in [5.41, 5.74) is 5.97. The van der Waals surface area contributed by atoms with Gasteiger partial charge in [0, 0.05) is 24.3 Å². The molecule has 2 N–H and O–H groups in total. The number of furan rings is 1. The van der Waals surface area contributed by atoms with Crippen LogP contribution in [0.3, 0.4) is 0 Å². The summed E-state index contributed by atoms with van der Waals surface area (Å²) in [6, 6.07) is 17.6. The third-order valence-electron chi connectivity index (χ3n) is 6.65. The number of hydrogen-bond donors (Lipinski definition) is 2. The summed E-state index contributed by atoms with van der Waals surface area (Å²) in [6.45, 7) is -0.0842. The van der Waals surface area contributed by atoms with Crippen molar-refractivity contribution in [1.82, 2.24) is 10.4 Å². The largest absolute Gasteiger partial charge is 0.478 e. The van der Waals surface area contributed by atoms with Crippen LogP contribution < -0.4 is 5.43 Å². The van der Waals surface area contributed by atoms with Gasteiger partial charge in [-0.3, -0.25) is 0 Å². The van der Waals surface area contributed by atoms with Crippen LogP contribution in [0.2, 0.25) is 0 Å². The van der Waals surface area contributed by atoms with Crippen LogP contribution in [0.1, 0.15) is 41.6 Å². The van der Waals surface area contributed by atoms with E-state index in [2.05, 4.69) is 35.8 Å². The zero-order chi connectivity index (χ0) is 25.8. The maximum absolute atomic E-state index is 13.0. The lowest BCUT2D eigenvalue weighted by Crippen LogP contribution is -2.42. The lowest BCUT2D eigenvalue weighted by Gasteiger charge is -2.27. The topological polar surface area (TPSA) is 92.0 Å². The normalized spacial score (nSPS) is 18.8. The molecule has 2 aromatic carbocycles. The molecule has 2 aliphatic carbocycles. The summed E-state index contributed by atoms with van der Waals surface area (Å²) in [6.07, 6.45) is 12.6. The number of allylic oxidation sites excluding steroid dienone is 6. The molecular weight excluding hydrogens is 468 g/mol. The number of nitrogens with one attached hydrogen (secondary N) is 1. The smallest absolute Gasteiger partial charge is 0.429 e. The minimum absolute atomic E-state index is 0.0364. The van der Waals surface area contributed by atoms with E-state index in [1.54, 1.807) is 19.2 Å². The standard InChI is InChI=1S/C30H28N2O5/c1-31-32(27-14-12-23(18-26(27)29(33)34)21-10-6-3-7-11-21)30(35)36-19-25-17-24-16-22(13-15-28(24)37-25)20-8-4-2-5-9-20/h2-8,10-11,13-18,20,23,31H,9,12,19H2,1H3,(H,33,34). The third-order valence-corrected chi connectivity index (χ3v) is 6.65. The third kappa shape index (κ3) is 5.27. The molecule has 37 heavy (non-hydrogen) atoms. The molecule has 5 rings (SSSR count). The number of ether oxygens (including phenoxy) is 1. The molecule has 0 aliphatic heterocycles. The van der Waals surface area contributed by atoms with E-state index in [0.29, 0.717) is 23.7 Å². The van der Waals surface area contributed by atoms with E-state index < -0.39 is 12.1 Å². The van der Waals surface area contributed by atoms with Crippen LogP contribution in [0.25, 0.3) is 11.0 Å². The quantitative estimate of drug-likeness (QED) is 0.379. The maximum atomic E-state index is 13.0. The summed E-state index contributed by atoms with van der Waals surface area (Å²) in [5.74, 6) is -0.370. The minimum atomic E-state index is -1.11. The molecule has 1 aromatic heterocycles. The van der Waals surface area contributed by atoms with E-state index in [1.165, 1.54) is 5.56 Å². The van der Waals surface area contributed by atoms with E-state index in [4.69, 9.17) is 9.15 Å². The van der Waals surface area contributed by atoms with Crippen LogP contribution in [-0.2, 0) is 16.1 Å². The van der Waals surface area contributed by atoms with Gasteiger partial charge in [-0.1, -0.05) is 72.9 Å². The highest BCUT2D eigenvalue weighted by Crippen LogP contribution is 2.33. The number of hydrogen-bond acceptors (Lipinski definition) is 5. The van der Waals surface area contributed by atoms with Gasteiger partial charge in [0.25, 0.3) is 0 Å². The van der Waals surface area contributed by atoms with Crippen LogP contribution >= 0.6 is 0 Å². The molecule has 2 aliphatic rings. The second-order valence-electron chi connectivity index (χ2n) is 9.01. The fourth-order valence-corrected chi connectivity index (χ4v) is 4.78. The van der Waals surface area contributed by atoms with Crippen molar-refractivity contribution in [2.24, 2.45) is 0 Å². The molecule has 1 heterocycles. The van der Waals surface area contributed by atoms with Crippen molar-refractivity contribution >= 4 is 23.0 Å². The number of carbonyl (C=O) groups is 2. The van der Waals surface area contributed by atoms with Crippen LogP contribution in [0.5, 0.6) is 0 Å². The van der Waals surface area contributed by atoms with Gasteiger partial charge in [0.2, 0.25) is 0 Å². The second-order valence-corrected chi connectivity index (χ2v) is 9.01. The number of carboxylic acids is 1. The second kappa shape index (κ2) is 10.7. The number of hydrazine groups is 1. The lowest BCUT2D eigenvalue weighted by atomic mass is 9.88. The van der Waals surface area contributed by atoms with E-state index in [-0.39, 0.29) is 23.8 Å². The Morgan fingerprint density at radius 1 is 1.05 bits per heavy atom. The first-order chi connectivity index (χ1) is 18.0. The Hall–Kier alpha value is -4.36. The highest BCUT2D eigenvalue weighted by atomic mass is 16.6. The lowest BCUT2D eigenvalue weighted by molar-refractivity contribution is -0.132. The Kier molecular flexibility index (Phi) is 7.05. The molecule has 0 saturated heterocycles. The maximum Gasteiger partial charge on any atom is 0.429 e. The molecule has 188 valence electrons. The van der Waals surface area contributed by atoms with Gasteiger partial charge in [0.1, 0.15) is 11.3 Å². The fraction of sp³-hybridized carbons (Fsp3) is 0.200.